The zero-order valence-corrected chi connectivity index (χ0v) is 15.9. The van der Waals surface area contributed by atoms with Gasteiger partial charge in [-0.2, -0.15) is 0 Å². The topological polar surface area (TPSA) is 62.4 Å². The van der Waals surface area contributed by atoms with Crippen LogP contribution in [0.25, 0.3) is 0 Å². The molecule has 1 saturated heterocycles. The number of nitrogens with one attached hydrogen (secondary N) is 3. The molecule has 1 amide bonds. The Kier molecular flexibility index (Phi) is 4.04. The largest absolute Gasteiger partial charge is 0.467 e. The number of aryl methyl sites for hydroxylation is 1. The maximum atomic E-state index is 13.1. The predicted molar refractivity (Wildman–Crippen MR) is 105 cm³/mol. The van der Waals surface area contributed by atoms with Gasteiger partial charge in [-0.1, -0.05) is 29.3 Å². The number of anilines is 1. The van der Waals surface area contributed by atoms with E-state index in [0.29, 0.717) is 15.8 Å². The van der Waals surface area contributed by atoms with E-state index in [0.717, 1.165) is 16.9 Å². The van der Waals surface area contributed by atoms with Crippen molar-refractivity contribution in [3.05, 3.63) is 58.6 Å². The van der Waals surface area contributed by atoms with Crippen LogP contribution in [0.2, 0.25) is 5.02 Å². The van der Waals surface area contributed by atoms with Crippen molar-refractivity contribution in [2.45, 2.75) is 25.6 Å². The van der Waals surface area contributed by atoms with E-state index in [9.17, 15) is 4.79 Å². The number of benzene rings is 2. The molecule has 2 heterocycles. The molecular weight excluding hydrogens is 370 g/mol. The van der Waals surface area contributed by atoms with Gasteiger partial charge in [0.2, 0.25) is 5.91 Å². The van der Waals surface area contributed by atoms with Gasteiger partial charge < -0.3 is 20.7 Å². The summed E-state index contributed by atoms with van der Waals surface area (Å²) < 4.78 is 6.19. The molecule has 3 atom stereocenters. The standard InChI is InChI=1S/C19H18ClN3O2S/c1-10-3-8-14-13(9-10)16-15(19(2,25-14)23-18(26)22-16)17(24)21-12-6-4-11(20)5-7-12/h3-9,15-16H,1-2H3,(H,21,24)(H2,22,23,26)/t15-,16+,19-/m0/s1. The van der Waals surface area contributed by atoms with Crippen LogP contribution in [0.5, 0.6) is 5.75 Å². The number of halogens is 1. The zero-order valence-electron chi connectivity index (χ0n) is 14.3. The Balaban J connectivity index is 1.71. The number of ether oxygens (including phenoxy) is 1. The van der Waals surface area contributed by atoms with E-state index < -0.39 is 11.6 Å². The minimum absolute atomic E-state index is 0.158. The molecule has 134 valence electrons. The first kappa shape index (κ1) is 17.1. The Morgan fingerprint density at radius 1 is 1.27 bits per heavy atom. The lowest BCUT2D eigenvalue weighted by molar-refractivity contribution is -0.132. The fraction of sp³-hybridized carbons (Fsp3) is 0.263. The van der Waals surface area contributed by atoms with Gasteiger partial charge in [0, 0.05) is 16.3 Å². The molecule has 2 aliphatic heterocycles. The van der Waals surface area contributed by atoms with Crippen LogP contribution in [0.4, 0.5) is 5.69 Å². The number of thiocarbonyl (C=S) groups is 1. The van der Waals surface area contributed by atoms with E-state index in [1.165, 1.54) is 0 Å². The average Bonchev–Trinajstić information content (AvgIpc) is 2.56. The second kappa shape index (κ2) is 6.14. The van der Waals surface area contributed by atoms with E-state index in [-0.39, 0.29) is 11.9 Å². The zero-order chi connectivity index (χ0) is 18.5. The van der Waals surface area contributed by atoms with Gasteiger partial charge in [0.05, 0.1) is 6.04 Å². The fourth-order valence-electron chi connectivity index (χ4n) is 3.62. The van der Waals surface area contributed by atoms with Gasteiger partial charge in [0.25, 0.3) is 0 Å². The summed E-state index contributed by atoms with van der Waals surface area (Å²) in [6.07, 6.45) is 0. The lowest BCUT2D eigenvalue weighted by Gasteiger charge is -2.50. The third-order valence-electron chi connectivity index (χ3n) is 4.79. The van der Waals surface area contributed by atoms with E-state index >= 15 is 0 Å². The molecule has 4 rings (SSSR count). The number of hydrogen-bond donors (Lipinski definition) is 3. The van der Waals surface area contributed by atoms with Gasteiger partial charge in [-0.3, -0.25) is 4.79 Å². The normalized spacial score (nSPS) is 26.0. The van der Waals surface area contributed by atoms with Crippen molar-refractivity contribution in [1.29, 1.82) is 0 Å². The van der Waals surface area contributed by atoms with Crippen LogP contribution in [-0.4, -0.2) is 16.7 Å². The van der Waals surface area contributed by atoms with Crippen molar-refractivity contribution in [2.24, 2.45) is 5.92 Å². The summed E-state index contributed by atoms with van der Waals surface area (Å²) in [6, 6.07) is 12.7. The molecule has 2 aliphatic rings. The second-order valence-corrected chi connectivity index (χ2v) is 7.65. The molecule has 3 N–H and O–H groups in total. The molecule has 0 aliphatic carbocycles. The van der Waals surface area contributed by atoms with E-state index in [1.807, 2.05) is 32.0 Å². The minimum Gasteiger partial charge on any atom is -0.467 e. The monoisotopic (exact) mass is 387 g/mol. The molecule has 26 heavy (non-hydrogen) atoms. The highest BCUT2D eigenvalue weighted by Crippen LogP contribution is 2.45. The van der Waals surface area contributed by atoms with Crippen molar-refractivity contribution >= 4 is 40.5 Å². The molecular formula is C19H18ClN3O2S. The van der Waals surface area contributed by atoms with E-state index in [2.05, 4.69) is 16.0 Å². The average molecular weight is 388 g/mol. The van der Waals surface area contributed by atoms with Crippen molar-refractivity contribution in [1.82, 2.24) is 10.6 Å². The Labute approximate surface area is 162 Å². The fourth-order valence-corrected chi connectivity index (χ4v) is 4.07. The number of carbonyl (C=O) groups is 1. The predicted octanol–water partition coefficient (Wildman–Crippen LogP) is 3.53. The highest BCUT2D eigenvalue weighted by Gasteiger charge is 2.54. The Morgan fingerprint density at radius 2 is 2.00 bits per heavy atom. The molecule has 0 unspecified atom stereocenters. The maximum absolute atomic E-state index is 13.1. The third-order valence-corrected chi connectivity index (χ3v) is 5.26. The SMILES string of the molecule is Cc1ccc2c(c1)[C@H]1NC(=S)N[C@@](C)(O2)[C@@H]1C(=O)Nc1ccc(Cl)cc1. The maximum Gasteiger partial charge on any atom is 0.236 e. The summed E-state index contributed by atoms with van der Waals surface area (Å²) in [5.41, 5.74) is 1.77. The highest BCUT2D eigenvalue weighted by molar-refractivity contribution is 7.80. The lowest BCUT2D eigenvalue weighted by Crippen LogP contribution is -2.70. The first-order valence-corrected chi connectivity index (χ1v) is 9.09. The van der Waals surface area contributed by atoms with Crippen molar-refractivity contribution in [3.63, 3.8) is 0 Å². The van der Waals surface area contributed by atoms with Crippen molar-refractivity contribution in [2.75, 3.05) is 5.32 Å². The molecule has 2 aromatic rings. The van der Waals surface area contributed by atoms with Gasteiger partial charge in [0.15, 0.2) is 10.8 Å². The summed E-state index contributed by atoms with van der Waals surface area (Å²) in [5, 5.41) is 10.4. The number of amides is 1. The van der Waals surface area contributed by atoms with Crippen LogP contribution in [0.1, 0.15) is 24.1 Å². The van der Waals surface area contributed by atoms with Crippen LogP contribution in [-0.2, 0) is 4.79 Å². The van der Waals surface area contributed by atoms with Crippen LogP contribution >= 0.6 is 23.8 Å². The van der Waals surface area contributed by atoms with Gasteiger partial charge >= 0.3 is 0 Å². The molecule has 2 bridgehead atoms. The molecule has 1 fully saturated rings. The van der Waals surface area contributed by atoms with Gasteiger partial charge in [-0.15, -0.1) is 0 Å². The molecule has 2 aromatic carbocycles. The van der Waals surface area contributed by atoms with Gasteiger partial charge in [-0.05, 0) is 56.4 Å². The molecule has 0 spiro atoms. The summed E-state index contributed by atoms with van der Waals surface area (Å²) in [4.78, 5) is 13.1. The third kappa shape index (κ3) is 2.89. The summed E-state index contributed by atoms with van der Waals surface area (Å²) in [5.74, 6) is 0.0785. The highest BCUT2D eigenvalue weighted by atomic mass is 35.5. The quantitative estimate of drug-likeness (QED) is 0.688. The van der Waals surface area contributed by atoms with E-state index in [1.54, 1.807) is 24.3 Å². The van der Waals surface area contributed by atoms with Crippen LogP contribution in [0.3, 0.4) is 0 Å². The molecule has 5 nitrogen and oxygen atoms in total. The van der Waals surface area contributed by atoms with Crippen molar-refractivity contribution < 1.29 is 9.53 Å². The molecule has 0 radical (unpaired) electrons. The number of carbonyl (C=O) groups excluding carboxylic acids is 1. The minimum atomic E-state index is -0.939. The second-order valence-electron chi connectivity index (χ2n) is 6.80. The van der Waals surface area contributed by atoms with Gasteiger partial charge in [0.1, 0.15) is 11.7 Å². The van der Waals surface area contributed by atoms with Gasteiger partial charge in [-0.25, -0.2) is 0 Å². The van der Waals surface area contributed by atoms with Crippen LogP contribution in [0, 0.1) is 12.8 Å². The summed E-state index contributed by atoms with van der Waals surface area (Å²) in [7, 11) is 0. The smallest absolute Gasteiger partial charge is 0.236 e. The molecule has 0 aromatic heterocycles. The first-order valence-electron chi connectivity index (χ1n) is 8.30. The Hall–Kier alpha value is -2.31. The molecule has 0 saturated carbocycles. The van der Waals surface area contributed by atoms with Crippen LogP contribution < -0.4 is 20.7 Å². The Morgan fingerprint density at radius 3 is 2.73 bits per heavy atom. The first-order chi connectivity index (χ1) is 12.4. The number of hydrogen-bond acceptors (Lipinski definition) is 3. The van der Waals surface area contributed by atoms with Crippen molar-refractivity contribution in [3.8, 4) is 5.75 Å². The lowest BCUT2D eigenvalue weighted by atomic mass is 9.79. The summed E-state index contributed by atoms with van der Waals surface area (Å²) in [6.45, 7) is 3.86. The van der Waals surface area contributed by atoms with E-state index in [4.69, 9.17) is 28.6 Å². The summed E-state index contributed by atoms with van der Waals surface area (Å²) >= 11 is 11.2. The van der Waals surface area contributed by atoms with Crippen LogP contribution in [0.15, 0.2) is 42.5 Å². The number of fused-ring (bicyclic) bond motifs is 4. The number of rotatable bonds is 2. The Bertz CT molecular complexity index is 902. The molecule has 7 heteroatoms.